The Kier molecular flexibility index (Phi) is 5.02. The number of amides is 1. The smallest absolute Gasteiger partial charge is 0.329 e. The molecule has 6 nitrogen and oxygen atoms in total. The van der Waals surface area contributed by atoms with E-state index in [4.69, 9.17) is 9.84 Å². The molecular formula is C10H11FN2O4. The van der Waals surface area contributed by atoms with E-state index in [-0.39, 0.29) is 18.7 Å². The first kappa shape index (κ1) is 13.0. The summed E-state index contributed by atoms with van der Waals surface area (Å²) in [4.78, 5) is 24.8. The summed E-state index contributed by atoms with van der Waals surface area (Å²) in [6, 6.07) is 2.38. The number of hydrogen-bond donors (Lipinski definition) is 2. The highest BCUT2D eigenvalue weighted by Gasteiger charge is 2.05. The Labute approximate surface area is 96.4 Å². The van der Waals surface area contributed by atoms with E-state index in [0.717, 1.165) is 12.3 Å². The second-order valence-electron chi connectivity index (χ2n) is 3.07. The molecule has 1 amide bonds. The van der Waals surface area contributed by atoms with Gasteiger partial charge in [0.15, 0.2) is 0 Å². The maximum Gasteiger partial charge on any atom is 0.329 e. The van der Waals surface area contributed by atoms with Crippen LogP contribution in [0.3, 0.4) is 0 Å². The van der Waals surface area contributed by atoms with Crippen molar-refractivity contribution >= 4 is 11.9 Å². The number of carboxylic acid groups (broad SMARTS) is 1. The number of aliphatic carboxylic acids is 1. The van der Waals surface area contributed by atoms with Crippen LogP contribution in [-0.2, 0) is 9.53 Å². The number of aromatic nitrogens is 1. The quantitative estimate of drug-likeness (QED) is 0.543. The molecule has 7 heteroatoms. The van der Waals surface area contributed by atoms with E-state index in [1.807, 2.05) is 0 Å². The Morgan fingerprint density at radius 1 is 1.47 bits per heavy atom. The van der Waals surface area contributed by atoms with Crippen LogP contribution < -0.4 is 5.32 Å². The zero-order chi connectivity index (χ0) is 12.7. The summed E-state index contributed by atoms with van der Waals surface area (Å²) in [5.41, 5.74) is 0.227. The van der Waals surface area contributed by atoms with E-state index in [0.29, 0.717) is 0 Å². The van der Waals surface area contributed by atoms with E-state index in [9.17, 15) is 14.0 Å². The van der Waals surface area contributed by atoms with Gasteiger partial charge in [-0.3, -0.25) is 4.79 Å². The molecule has 92 valence electrons. The second kappa shape index (κ2) is 6.54. The zero-order valence-electron chi connectivity index (χ0n) is 8.85. The first-order valence-corrected chi connectivity index (χ1v) is 4.79. The summed E-state index contributed by atoms with van der Waals surface area (Å²) in [5, 5.41) is 10.7. The van der Waals surface area contributed by atoms with Gasteiger partial charge in [-0.1, -0.05) is 0 Å². The van der Waals surface area contributed by atoms with Crippen molar-refractivity contribution in [2.24, 2.45) is 0 Å². The molecule has 1 aromatic heterocycles. The molecular weight excluding hydrogens is 231 g/mol. The number of nitrogens with zero attached hydrogens (tertiary/aromatic N) is 1. The van der Waals surface area contributed by atoms with E-state index < -0.39 is 24.4 Å². The van der Waals surface area contributed by atoms with Gasteiger partial charge in [-0.25, -0.2) is 9.78 Å². The minimum absolute atomic E-state index is 0.0899. The molecule has 0 aromatic carbocycles. The van der Waals surface area contributed by atoms with Crippen LogP contribution in [0.4, 0.5) is 4.39 Å². The molecule has 0 aliphatic rings. The van der Waals surface area contributed by atoms with Crippen LogP contribution >= 0.6 is 0 Å². The zero-order valence-corrected chi connectivity index (χ0v) is 8.85. The molecule has 0 saturated heterocycles. The minimum atomic E-state index is -1.07. The molecule has 0 bridgehead atoms. The number of carboxylic acids is 1. The second-order valence-corrected chi connectivity index (χ2v) is 3.07. The molecule has 1 aromatic rings. The third-order valence-corrected chi connectivity index (χ3v) is 1.75. The predicted molar refractivity (Wildman–Crippen MR) is 55.0 cm³/mol. The number of carbonyl (C=O) groups excluding carboxylic acids is 1. The summed E-state index contributed by atoms with van der Waals surface area (Å²) >= 11 is 0. The molecule has 0 spiro atoms. The number of pyridine rings is 1. The van der Waals surface area contributed by atoms with E-state index in [1.165, 1.54) is 6.07 Å². The molecule has 0 radical (unpaired) electrons. The molecule has 0 saturated carbocycles. The minimum Gasteiger partial charge on any atom is -0.480 e. The lowest BCUT2D eigenvalue weighted by atomic mass is 10.3. The fourth-order valence-electron chi connectivity index (χ4n) is 1.01. The van der Waals surface area contributed by atoms with E-state index in [1.54, 1.807) is 0 Å². The van der Waals surface area contributed by atoms with Crippen LogP contribution in [0, 0.1) is 5.95 Å². The van der Waals surface area contributed by atoms with Crippen LogP contribution in [0.2, 0.25) is 0 Å². The molecule has 17 heavy (non-hydrogen) atoms. The predicted octanol–water partition coefficient (Wildman–Crippen LogP) is 0.0517. The van der Waals surface area contributed by atoms with Gasteiger partial charge < -0.3 is 15.2 Å². The van der Waals surface area contributed by atoms with E-state index in [2.05, 4.69) is 10.3 Å². The third kappa shape index (κ3) is 5.03. The largest absolute Gasteiger partial charge is 0.480 e. The third-order valence-electron chi connectivity index (χ3n) is 1.75. The van der Waals surface area contributed by atoms with Crippen molar-refractivity contribution in [2.75, 3.05) is 19.8 Å². The van der Waals surface area contributed by atoms with Crippen LogP contribution in [-0.4, -0.2) is 41.7 Å². The maximum atomic E-state index is 12.5. The molecule has 1 rings (SSSR count). The lowest BCUT2D eigenvalue weighted by Crippen LogP contribution is -2.28. The fourth-order valence-corrected chi connectivity index (χ4v) is 1.01. The highest BCUT2D eigenvalue weighted by molar-refractivity contribution is 5.93. The Hall–Kier alpha value is -2.02. The van der Waals surface area contributed by atoms with Crippen molar-refractivity contribution in [3.63, 3.8) is 0 Å². The van der Waals surface area contributed by atoms with Crippen molar-refractivity contribution in [3.8, 4) is 0 Å². The van der Waals surface area contributed by atoms with Crippen LogP contribution in [0.5, 0.6) is 0 Å². The molecule has 0 aliphatic carbocycles. The topological polar surface area (TPSA) is 88.5 Å². The summed E-state index contributed by atoms with van der Waals surface area (Å²) in [5.74, 6) is -2.15. The van der Waals surface area contributed by atoms with Gasteiger partial charge in [0.2, 0.25) is 5.95 Å². The SMILES string of the molecule is O=C(O)COCCNC(=O)c1ccc(F)nc1. The molecule has 2 N–H and O–H groups in total. The Balaban J connectivity index is 2.25. The summed E-state index contributed by atoms with van der Waals surface area (Å²) in [6.45, 7) is -0.149. The van der Waals surface area contributed by atoms with Crippen LogP contribution in [0.1, 0.15) is 10.4 Å². The van der Waals surface area contributed by atoms with Gasteiger partial charge in [-0.2, -0.15) is 4.39 Å². The monoisotopic (exact) mass is 242 g/mol. The van der Waals surface area contributed by atoms with Gasteiger partial charge in [0.1, 0.15) is 6.61 Å². The average molecular weight is 242 g/mol. The van der Waals surface area contributed by atoms with Crippen molar-refractivity contribution in [3.05, 3.63) is 29.8 Å². The highest BCUT2D eigenvalue weighted by Crippen LogP contribution is 1.98. The summed E-state index contributed by atoms with van der Waals surface area (Å²) in [6.07, 6.45) is 1.11. The Morgan fingerprint density at radius 2 is 2.24 bits per heavy atom. The van der Waals surface area contributed by atoms with Crippen molar-refractivity contribution in [2.45, 2.75) is 0 Å². The van der Waals surface area contributed by atoms with Gasteiger partial charge >= 0.3 is 5.97 Å². The van der Waals surface area contributed by atoms with Crippen molar-refractivity contribution in [1.82, 2.24) is 10.3 Å². The summed E-state index contributed by atoms with van der Waals surface area (Å²) < 4.78 is 17.2. The first-order chi connectivity index (χ1) is 8.09. The standard InChI is InChI=1S/C10H11FN2O4/c11-8-2-1-7(5-13-8)10(16)12-3-4-17-6-9(14)15/h1-2,5H,3-4,6H2,(H,12,16)(H,14,15). The number of nitrogens with one attached hydrogen (secondary N) is 1. The molecule has 1 heterocycles. The number of ether oxygens (including phenoxy) is 1. The van der Waals surface area contributed by atoms with E-state index >= 15 is 0 Å². The lowest BCUT2D eigenvalue weighted by Gasteiger charge is -2.04. The number of rotatable bonds is 6. The van der Waals surface area contributed by atoms with Crippen molar-refractivity contribution in [1.29, 1.82) is 0 Å². The lowest BCUT2D eigenvalue weighted by molar-refractivity contribution is -0.142. The Bertz CT molecular complexity index is 394. The molecule has 0 unspecified atom stereocenters. The molecule has 0 aliphatic heterocycles. The fraction of sp³-hybridized carbons (Fsp3) is 0.300. The van der Waals surface area contributed by atoms with Gasteiger partial charge in [0.25, 0.3) is 5.91 Å². The number of hydrogen-bond acceptors (Lipinski definition) is 4. The first-order valence-electron chi connectivity index (χ1n) is 4.79. The average Bonchev–Trinajstić information content (AvgIpc) is 2.29. The van der Waals surface area contributed by atoms with Gasteiger partial charge in [-0.15, -0.1) is 0 Å². The number of carbonyl (C=O) groups is 2. The molecule has 0 fully saturated rings. The normalized spacial score (nSPS) is 9.94. The van der Waals surface area contributed by atoms with Crippen LogP contribution in [0.25, 0.3) is 0 Å². The van der Waals surface area contributed by atoms with Gasteiger partial charge in [0, 0.05) is 12.7 Å². The maximum absolute atomic E-state index is 12.5. The molecule has 0 atom stereocenters. The van der Waals surface area contributed by atoms with Crippen molar-refractivity contribution < 1.29 is 23.8 Å². The van der Waals surface area contributed by atoms with Gasteiger partial charge in [-0.05, 0) is 12.1 Å². The highest BCUT2D eigenvalue weighted by atomic mass is 19.1. The number of halogens is 1. The van der Waals surface area contributed by atoms with Crippen LogP contribution in [0.15, 0.2) is 18.3 Å². The Morgan fingerprint density at radius 3 is 2.82 bits per heavy atom. The van der Waals surface area contributed by atoms with Gasteiger partial charge in [0.05, 0.1) is 12.2 Å². The summed E-state index contributed by atoms with van der Waals surface area (Å²) in [7, 11) is 0.